The third-order valence-corrected chi connectivity index (χ3v) is 5.35. The predicted molar refractivity (Wildman–Crippen MR) is 91.2 cm³/mol. The molecule has 2 aromatic carbocycles. The highest BCUT2D eigenvalue weighted by atomic mass is 32.1. The first-order valence-electron chi connectivity index (χ1n) is 7.00. The summed E-state index contributed by atoms with van der Waals surface area (Å²) >= 11 is 1.86. The summed E-state index contributed by atoms with van der Waals surface area (Å²) in [5.41, 5.74) is 4.78. The minimum atomic E-state index is 1.06. The molecule has 0 aliphatic heterocycles. The fraction of sp³-hybridized carbons (Fsp3) is 0.0556. The van der Waals surface area contributed by atoms with Crippen LogP contribution >= 0.6 is 11.3 Å². The van der Waals surface area contributed by atoms with E-state index in [0.717, 1.165) is 11.0 Å². The van der Waals surface area contributed by atoms with E-state index < -0.39 is 0 Å². The SMILES string of the molecule is Cc1cc2cccnc2c2[nH]c3c4ccccc4sc3c12. The van der Waals surface area contributed by atoms with Gasteiger partial charge in [-0.3, -0.25) is 4.98 Å². The zero-order chi connectivity index (χ0) is 14.0. The molecule has 0 fully saturated rings. The Morgan fingerprint density at radius 2 is 1.95 bits per heavy atom. The van der Waals surface area contributed by atoms with E-state index in [9.17, 15) is 0 Å². The summed E-state index contributed by atoms with van der Waals surface area (Å²) < 4.78 is 2.68. The molecule has 0 radical (unpaired) electrons. The van der Waals surface area contributed by atoms with Crippen LogP contribution in [0.15, 0.2) is 48.7 Å². The lowest BCUT2D eigenvalue weighted by Gasteiger charge is -2.02. The van der Waals surface area contributed by atoms with Gasteiger partial charge in [-0.1, -0.05) is 24.3 Å². The van der Waals surface area contributed by atoms with Crippen LogP contribution in [0.2, 0.25) is 0 Å². The largest absolute Gasteiger partial charge is 0.351 e. The topological polar surface area (TPSA) is 28.7 Å². The standard InChI is InChI=1S/C18H12N2S/c1-10-9-11-5-4-8-19-15(11)17-14(10)18-16(20-17)12-6-2-3-7-13(12)21-18/h2-9,20H,1H3. The van der Waals surface area contributed by atoms with Gasteiger partial charge < -0.3 is 4.98 Å². The molecule has 0 unspecified atom stereocenters. The van der Waals surface area contributed by atoms with Gasteiger partial charge in [0.25, 0.3) is 0 Å². The van der Waals surface area contributed by atoms with Crippen LogP contribution in [0, 0.1) is 6.92 Å². The van der Waals surface area contributed by atoms with Gasteiger partial charge in [-0.2, -0.15) is 0 Å². The minimum absolute atomic E-state index is 1.06. The summed E-state index contributed by atoms with van der Waals surface area (Å²) in [5.74, 6) is 0. The number of benzene rings is 2. The molecule has 0 aliphatic carbocycles. The number of nitrogens with one attached hydrogen (secondary N) is 1. The van der Waals surface area contributed by atoms with Gasteiger partial charge >= 0.3 is 0 Å². The van der Waals surface area contributed by atoms with Crippen LogP contribution in [-0.4, -0.2) is 9.97 Å². The molecule has 0 spiro atoms. The van der Waals surface area contributed by atoms with E-state index in [0.29, 0.717) is 0 Å². The molecular formula is C18H12N2S. The number of nitrogens with zero attached hydrogens (tertiary/aromatic N) is 1. The third-order valence-electron chi connectivity index (χ3n) is 4.16. The molecule has 3 aromatic heterocycles. The van der Waals surface area contributed by atoms with E-state index in [4.69, 9.17) is 0 Å². The number of fused-ring (bicyclic) bond motifs is 7. The van der Waals surface area contributed by atoms with Crippen molar-refractivity contribution >= 4 is 53.4 Å². The third kappa shape index (κ3) is 1.39. The van der Waals surface area contributed by atoms with E-state index in [-0.39, 0.29) is 0 Å². The van der Waals surface area contributed by atoms with Crippen LogP contribution in [0.5, 0.6) is 0 Å². The number of pyridine rings is 1. The summed E-state index contributed by atoms with van der Waals surface area (Å²) in [6, 6.07) is 14.9. The molecule has 0 saturated heterocycles. The van der Waals surface area contributed by atoms with Gasteiger partial charge in [0.2, 0.25) is 0 Å². The maximum absolute atomic E-state index is 4.58. The highest BCUT2D eigenvalue weighted by molar-refractivity contribution is 7.26. The Kier molecular flexibility index (Phi) is 2.06. The molecule has 5 rings (SSSR count). The maximum atomic E-state index is 4.58. The van der Waals surface area contributed by atoms with E-state index in [1.54, 1.807) is 0 Å². The second-order valence-corrected chi connectivity index (χ2v) is 6.50. The number of thiophene rings is 1. The van der Waals surface area contributed by atoms with Crippen molar-refractivity contribution in [3.63, 3.8) is 0 Å². The van der Waals surface area contributed by atoms with Crippen LogP contribution < -0.4 is 0 Å². The number of aromatic amines is 1. The first-order chi connectivity index (χ1) is 10.3. The van der Waals surface area contributed by atoms with Crippen LogP contribution in [0.4, 0.5) is 0 Å². The molecule has 100 valence electrons. The predicted octanol–water partition coefficient (Wildman–Crippen LogP) is 5.39. The zero-order valence-corrected chi connectivity index (χ0v) is 12.3. The van der Waals surface area contributed by atoms with Crippen molar-refractivity contribution in [2.24, 2.45) is 0 Å². The molecule has 0 saturated carbocycles. The summed E-state index contributed by atoms with van der Waals surface area (Å²) in [6.45, 7) is 2.19. The molecule has 3 heterocycles. The highest BCUT2D eigenvalue weighted by Crippen LogP contribution is 2.41. The molecule has 5 aromatic rings. The average Bonchev–Trinajstić information content (AvgIpc) is 3.03. The number of hydrogen-bond acceptors (Lipinski definition) is 2. The van der Waals surface area contributed by atoms with Crippen LogP contribution in [0.25, 0.3) is 42.1 Å². The van der Waals surface area contributed by atoms with E-state index in [1.165, 1.54) is 36.6 Å². The van der Waals surface area contributed by atoms with Gasteiger partial charge in [0.1, 0.15) is 0 Å². The normalized spacial score (nSPS) is 12.0. The summed E-state index contributed by atoms with van der Waals surface area (Å²) in [5, 5.41) is 3.82. The summed E-state index contributed by atoms with van der Waals surface area (Å²) in [4.78, 5) is 8.21. The molecule has 0 amide bonds. The van der Waals surface area contributed by atoms with Crippen LogP contribution in [0.3, 0.4) is 0 Å². The Labute approximate surface area is 125 Å². The molecular weight excluding hydrogens is 276 g/mol. The fourth-order valence-electron chi connectivity index (χ4n) is 3.25. The lowest BCUT2D eigenvalue weighted by Crippen LogP contribution is -1.83. The maximum Gasteiger partial charge on any atom is 0.0943 e. The molecule has 0 atom stereocenters. The van der Waals surface area contributed by atoms with Gasteiger partial charge in [0.05, 0.1) is 21.3 Å². The molecule has 3 heteroatoms. The van der Waals surface area contributed by atoms with E-state index in [2.05, 4.69) is 53.3 Å². The Morgan fingerprint density at radius 1 is 1.05 bits per heavy atom. The minimum Gasteiger partial charge on any atom is -0.351 e. The molecule has 2 nitrogen and oxygen atoms in total. The van der Waals surface area contributed by atoms with Crippen LogP contribution in [-0.2, 0) is 0 Å². The molecule has 21 heavy (non-hydrogen) atoms. The monoisotopic (exact) mass is 288 g/mol. The molecule has 0 aliphatic rings. The number of aryl methyl sites for hydroxylation is 1. The number of H-pyrrole nitrogens is 1. The highest BCUT2D eigenvalue weighted by Gasteiger charge is 2.15. The van der Waals surface area contributed by atoms with Crippen LogP contribution in [0.1, 0.15) is 5.56 Å². The van der Waals surface area contributed by atoms with Crippen molar-refractivity contribution in [1.82, 2.24) is 9.97 Å². The first kappa shape index (κ1) is 11.3. The second-order valence-electron chi connectivity index (χ2n) is 5.45. The number of rotatable bonds is 0. The van der Waals surface area contributed by atoms with Gasteiger partial charge in [0, 0.05) is 27.1 Å². The van der Waals surface area contributed by atoms with Crippen molar-refractivity contribution in [2.45, 2.75) is 6.92 Å². The van der Waals surface area contributed by atoms with Crippen molar-refractivity contribution in [3.8, 4) is 0 Å². The summed E-state index contributed by atoms with van der Waals surface area (Å²) in [6.07, 6.45) is 1.87. The molecule has 0 bridgehead atoms. The second kappa shape index (κ2) is 3.83. The Morgan fingerprint density at radius 3 is 2.90 bits per heavy atom. The van der Waals surface area contributed by atoms with Gasteiger partial charge in [-0.05, 0) is 30.7 Å². The lowest BCUT2D eigenvalue weighted by molar-refractivity contribution is 1.40. The quantitative estimate of drug-likeness (QED) is 0.406. The summed E-state index contributed by atoms with van der Waals surface area (Å²) in [7, 11) is 0. The van der Waals surface area contributed by atoms with Crippen molar-refractivity contribution in [1.29, 1.82) is 0 Å². The van der Waals surface area contributed by atoms with E-state index >= 15 is 0 Å². The first-order valence-corrected chi connectivity index (χ1v) is 7.82. The fourth-order valence-corrected chi connectivity index (χ4v) is 4.52. The number of aromatic nitrogens is 2. The van der Waals surface area contributed by atoms with Gasteiger partial charge in [-0.25, -0.2) is 0 Å². The van der Waals surface area contributed by atoms with Crippen molar-refractivity contribution < 1.29 is 0 Å². The van der Waals surface area contributed by atoms with Gasteiger partial charge in [-0.15, -0.1) is 11.3 Å². The average molecular weight is 288 g/mol. The Hall–Kier alpha value is -2.39. The van der Waals surface area contributed by atoms with Gasteiger partial charge in [0.15, 0.2) is 0 Å². The molecule has 1 N–H and O–H groups in total. The smallest absolute Gasteiger partial charge is 0.0943 e. The lowest BCUT2D eigenvalue weighted by atomic mass is 10.1. The zero-order valence-electron chi connectivity index (χ0n) is 11.5. The van der Waals surface area contributed by atoms with Crippen molar-refractivity contribution in [3.05, 3.63) is 54.2 Å². The Bertz CT molecular complexity index is 1150. The van der Waals surface area contributed by atoms with E-state index in [1.807, 2.05) is 23.6 Å². The number of hydrogen-bond donors (Lipinski definition) is 1. The van der Waals surface area contributed by atoms with Crippen molar-refractivity contribution in [2.75, 3.05) is 0 Å². The Balaban J connectivity index is 2.12.